The normalized spacial score (nSPS) is 25.3. The van der Waals surface area contributed by atoms with Crippen molar-refractivity contribution >= 4 is 11.3 Å². The van der Waals surface area contributed by atoms with Crippen molar-refractivity contribution < 1.29 is 0 Å². The fourth-order valence-electron chi connectivity index (χ4n) is 3.24. The first-order valence-corrected chi connectivity index (χ1v) is 9.20. The van der Waals surface area contributed by atoms with Crippen molar-refractivity contribution in [2.75, 3.05) is 13.1 Å². The van der Waals surface area contributed by atoms with Crippen LogP contribution in [0, 0.1) is 5.92 Å². The van der Waals surface area contributed by atoms with Gasteiger partial charge in [-0.15, -0.1) is 11.3 Å². The van der Waals surface area contributed by atoms with Crippen LogP contribution < -0.4 is 5.73 Å². The number of hydrogen-bond acceptors (Lipinski definition) is 3. The molecule has 2 N–H and O–H groups in total. The average Bonchev–Trinajstić information content (AvgIpc) is 2.76. The van der Waals surface area contributed by atoms with Gasteiger partial charge >= 0.3 is 0 Å². The first kappa shape index (κ1) is 17.0. The maximum atomic E-state index is 6.56. The lowest BCUT2D eigenvalue weighted by atomic mass is 9.95. The van der Waals surface area contributed by atoms with Crippen LogP contribution in [0.3, 0.4) is 0 Å². The first-order chi connectivity index (χ1) is 9.79. The lowest BCUT2D eigenvalue weighted by molar-refractivity contribution is 0.168. The molecule has 2 rings (SSSR count). The Hall–Kier alpha value is -0.380. The zero-order valence-electron chi connectivity index (χ0n) is 14.4. The zero-order chi connectivity index (χ0) is 15.6. The summed E-state index contributed by atoms with van der Waals surface area (Å²) in [5, 5.41) is 0. The van der Waals surface area contributed by atoms with Crippen LogP contribution in [-0.2, 0) is 5.41 Å². The lowest BCUT2D eigenvalue weighted by Crippen LogP contribution is -2.41. The summed E-state index contributed by atoms with van der Waals surface area (Å²) in [7, 11) is 0. The molecule has 0 radical (unpaired) electrons. The van der Waals surface area contributed by atoms with Crippen molar-refractivity contribution in [3.63, 3.8) is 0 Å². The van der Waals surface area contributed by atoms with Crippen molar-refractivity contribution in [3.8, 4) is 0 Å². The Morgan fingerprint density at radius 1 is 1.29 bits per heavy atom. The van der Waals surface area contributed by atoms with Crippen molar-refractivity contribution in [1.29, 1.82) is 0 Å². The molecule has 0 bridgehead atoms. The summed E-state index contributed by atoms with van der Waals surface area (Å²) in [5.41, 5.74) is 6.80. The van der Waals surface area contributed by atoms with Crippen molar-refractivity contribution in [2.45, 2.75) is 71.4 Å². The van der Waals surface area contributed by atoms with Gasteiger partial charge in [0.2, 0.25) is 0 Å². The van der Waals surface area contributed by atoms with E-state index in [1.165, 1.54) is 29.1 Å². The largest absolute Gasteiger partial charge is 0.326 e. The number of thiophene rings is 1. The van der Waals surface area contributed by atoms with Crippen LogP contribution >= 0.6 is 11.3 Å². The Bertz CT molecular complexity index is 444. The van der Waals surface area contributed by atoms with Gasteiger partial charge in [-0.25, -0.2) is 0 Å². The molecule has 2 atom stereocenters. The van der Waals surface area contributed by atoms with Gasteiger partial charge in [0.1, 0.15) is 0 Å². The monoisotopic (exact) mass is 308 g/mol. The number of rotatable bonds is 3. The lowest BCUT2D eigenvalue weighted by Gasteiger charge is -2.34. The smallest absolute Gasteiger partial charge is 0.0593 e. The molecule has 0 saturated carbocycles. The molecule has 0 aliphatic carbocycles. The summed E-state index contributed by atoms with van der Waals surface area (Å²) < 4.78 is 0. The van der Waals surface area contributed by atoms with E-state index in [0.717, 1.165) is 13.0 Å². The maximum absolute atomic E-state index is 6.56. The molecule has 1 aromatic heterocycles. The Morgan fingerprint density at radius 2 is 2.00 bits per heavy atom. The van der Waals surface area contributed by atoms with E-state index in [-0.39, 0.29) is 11.5 Å². The number of likely N-dealkylation sites (tertiary alicyclic amines) is 1. The van der Waals surface area contributed by atoms with Crippen LogP contribution in [0.5, 0.6) is 0 Å². The minimum absolute atomic E-state index is 0.237. The van der Waals surface area contributed by atoms with Crippen LogP contribution in [-0.4, -0.2) is 24.0 Å². The molecule has 3 heteroatoms. The molecule has 120 valence electrons. The Balaban J connectivity index is 2.28. The molecule has 21 heavy (non-hydrogen) atoms. The minimum atomic E-state index is 0.237. The molecule has 1 aromatic rings. The van der Waals surface area contributed by atoms with Crippen LogP contribution in [0.25, 0.3) is 0 Å². The van der Waals surface area contributed by atoms with E-state index < -0.39 is 0 Å². The van der Waals surface area contributed by atoms with Crippen molar-refractivity contribution in [3.05, 3.63) is 21.9 Å². The maximum Gasteiger partial charge on any atom is 0.0593 e. The van der Waals surface area contributed by atoms with E-state index in [4.69, 9.17) is 5.73 Å². The minimum Gasteiger partial charge on any atom is -0.326 e. The van der Waals surface area contributed by atoms with Gasteiger partial charge in [-0.2, -0.15) is 0 Å². The highest BCUT2D eigenvalue weighted by atomic mass is 32.1. The molecule has 0 spiro atoms. The summed E-state index contributed by atoms with van der Waals surface area (Å²) in [6.45, 7) is 13.8. The molecule has 2 heterocycles. The Labute approximate surface area is 134 Å². The van der Waals surface area contributed by atoms with E-state index in [2.05, 4.69) is 51.7 Å². The average molecular weight is 309 g/mol. The fraction of sp³-hybridized carbons (Fsp3) is 0.778. The van der Waals surface area contributed by atoms with Gasteiger partial charge in [0, 0.05) is 22.3 Å². The summed E-state index contributed by atoms with van der Waals surface area (Å²) in [4.78, 5) is 5.58. The van der Waals surface area contributed by atoms with Crippen molar-refractivity contribution in [2.24, 2.45) is 11.7 Å². The first-order valence-electron chi connectivity index (χ1n) is 8.39. The SMILES string of the molecule is CC(C)CN1CCCCC(N)C1c1ccc(C(C)(C)C)s1. The second-order valence-corrected chi connectivity index (χ2v) is 9.06. The number of hydrogen-bond donors (Lipinski definition) is 1. The predicted molar refractivity (Wildman–Crippen MR) is 94.0 cm³/mol. The Kier molecular flexibility index (Phi) is 5.50. The van der Waals surface area contributed by atoms with Gasteiger partial charge in [0.25, 0.3) is 0 Å². The molecule has 1 aliphatic rings. The fourth-order valence-corrected chi connectivity index (χ4v) is 4.52. The van der Waals surface area contributed by atoms with E-state index >= 15 is 0 Å². The molecule has 0 amide bonds. The van der Waals surface area contributed by atoms with Gasteiger partial charge in [-0.1, -0.05) is 41.0 Å². The van der Waals surface area contributed by atoms with E-state index in [1.807, 2.05) is 11.3 Å². The van der Waals surface area contributed by atoms with E-state index in [1.54, 1.807) is 0 Å². The summed E-state index contributed by atoms with van der Waals surface area (Å²) >= 11 is 1.97. The molecular weight excluding hydrogens is 276 g/mol. The third-order valence-electron chi connectivity index (χ3n) is 4.29. The second kappa shape index (κ2) is 6.80. The molecule has 1 fully saturated rings. The van der Waals surface area contributed by atoms with Crippen LogP contribution in [0.2, 0.25) is 0 Å². The van der Waals surface area contributed by atoms with Gasteiger partial charge in [0.15, 0.2) is 0 Å². The standard InChI is InChI=1S/C18H32N2S/c1-13(2)12-20-11-7-6-8-14(19)17(20)15-9-10-16(21-15)18(3,4)5/h9-10,13-14,17H,6-8,11-12,19H2,1-5H3. The molecular formula is C18H32N2S. The van der Waals surface area contributed by atoms with Gasteiger partial charge in [-0.05, 0) is 42.9 Å². The van der Waals surface area contributed by atoms with E-state index in [9.17, 15) is 0 Å². The summed E-state index contributed by atoms with van der Waals surface area (Å²) in [6.07, 6.45) is 3.71. The van der Waals surface area contributed by atoms with Gasteiger partial charge in [0.05, 0.1) is 6.04 Å². The molecule has 2 nitrogen and oxygen atoms in total. The third kappa shape index (κ3) is 4.30. The topological polar surface area (TPSA) is 29.3 Å². The quantitative estimate of drug-likeness (QED) is 0.887. The zero-order valence-corrected chi connectivity index (χ0v) is 15.2. The molecule has 0 aromatic carbocycles. The molecule has 2 unspecified atom stereocenters. The number of nitrogens with zero attached hydrogens (tertiary/aromatic N) is 1. The van der Waals surface area contributed by atoms with Gasteiger partial charge < -0.3 is 5.73 Å². The van der Waals surface area contributed by atoms with Gasteiger partial charge in [-0.3, -0.25) is 4.90 Å². The Morgan fingerprint density at radius 3 is 2.57 bits per heavy atom. The summed E-state index contributed by atoms with van der Waals surface area (Å²) in [5.74, 6) is 0.694. The summed E-state index contributed by atoms with van der Waals surface area (Å²) in [6, 6.07) is 5.33. The van der Waals surface area contributed by atoms with E-state index in [0.29, 0.717) is 12.0 Å². The van der Waals surface area contributed by atoms with Crippen LogP contribution in [0.1, 0.15) is 69.7 Å². The highest BCUT2D eigenvalue weighted by molar-refractivity contribution is 7.12. The second-order valence-electron chi connectivity index (χ2n) is 7.95. The highest BCUT2D eigenvalue weighted by Crippen LogP contribution is 2.37. The number of nitrogens with two attached hydrogens (primary N) is 1. The van der Waals surface area contributed by atoms with Crippen molar-refractivity contribution in [1.82, 2.24) is 4.90 Å². The van der Waals surface area contributed by atoms with Crippen LogP contribution in [0.4, 0.5) is 0 Å². The highest BCUT2D eigenvalue weighted by Gasteiger charge is 2.31. The molecule has 1 aliphatic heterocycles. The third-order valence-corrected chi connectivity index (χ3v) is 5.87. The van der Waals surface area contributed by atoms with Crippen LogP contribution in [0.15, 0.2) is 12.1 Å². The molecule has 1 saturated heterocycles. The predicted octanol–water partition coefficient (Wildman–Crippen LogP) is 4.56.